The Hall–Kier alpha value is -8.60. The van der Waals surface area contributed by atoms with Gasteiger partial charge in [0.25, 0.3) is 0 Å². The second-order valence-electron chi connectivity index (χ2n) is 16.9. The zero-order valence-corrected chi connectivity index (χ0v) is 34.6. The second kappa shape index (κ2) is 13.4. The van der Waals surface area contributed by atoms with Gasteiger partial charge in [0, 0.05) is 60.2 Å². The number of hydrogen-bond acceptors (Lipinski definition) is 1. The van der Waals surface area contributed by atoms with Gasteiger partial charge in [0.05, 0.1) is 33.1 Å². The highest BCUT2D eigenvalue weighted by Crippen LogP contribution is 2.42. The molecule has 0 unspecified atom stereocenters. The highest BCUT2D eigenvalue weighted by molar-refractivity contribution is 6.15. The molecule has 0 spiro atoms. The summed E-state index contributed by atoms with van der Waals surface area (Å²) in [7, 11) is 0. The van der Waals surface area contributed by atoms with Crippen LogP contribution in [0.2, 0.25) is 0 Å². The van der Waals surface area contributed by atoms with Crippen molar-refractivity contribution in [1.82, 2.24) is 13.7 Å². The normalized spacial score (nSPS) is 12.1. The van der Waals surface area contributed by atoms with Crippen LogP contribution in [0.1, 0.15) is 0 Å². The molecule has 0 bridgehead atoms. The maximum absolute atomic E-state index is 6.28. The quantitative estimate of drug-likeness (QED) is 0.170. The topological polar surface area (TPSA) is 27.9 Å². The zero-order chi connectivity index (χ0) is 41.9. The molecule has 298 valence electrons. The van der Waals surface area contributed by atoms with Gasteiger partial charge in [-0.05, 0) is 131 Å². The monoisotopic (exact) mass is 815 g/mol. The minimum absolute atomic E-state index is 0.892. The van der Waals surface area contributed by atoms with Crippen LogP contribution < -0.4 is 0 Å². The van der Waals surface area contributed by atoms with Crippen molar-refractivity contribution in [2.24, 2.45) is 0 Å². The van der Waals surface area contributed by atoms with E-state index in [1.165, 1.54) is 76.6 Å². The molecular formula is C60H37N3O. The van der Waals surface area contributed by atoms with E-state index in [4.69, 9.17) is 4.42 Å². The van der Waals surface area contributed by atoms with Gasteiger partial charge in [-0.25, -0.2) is 0 Å². The fourth-order valence-electron chi connectivity index (χ4n) is 10.5. The Morgan fingerprint density at radius 3 is 1.06 bits per heavy atom. The predicted octanol–water partition coefficient (Wildman–Crippen LogP) is 16.2. The number of aromatic nitrogens is 3. The summed E-state index contributed by atoms with van der Waals surface area (Å²) < 4.78 is 13.5. The van der Waals surface area contributed by atoms with Crippen LogP contribution in [0.3, 0.4) is 0 Å². The molecule has 4 nitrogen and oxygen atoms in total. The fourth-order valence-corrected chi connectivity index (χ4v) is 10.5. The number of para-hydroxylation sites is 5. The van der Waals surface area contributed by atoms with Crippen molar-refractivity contribution >= 4 is 87.4 Å². The van der Waals surface area contributed by atoms with E-state index < -0.39 is 0 Å². The molecule has 64 heavy (non-hydrogen) atoms. The van der Waals surface area contributed by atoms with E-state index in [0.717, 1.165) is 50.0 Å². The Labute approximate surface area is 367 Å². The molecule has 0 aliphatic heterocycles. The summed E-state index contributed by atoms with van der Waals surface area (Å²) in [5.74, 6) is 0. The molecule has 0 atom stereocenters. The van der Waals surface area contributed by atoms with E-state index in [1.807, 2.05) is 12.1 Å². The van der Waals surface area contributed by atoms with E-state index in [2.05, 4.69) is 226 Å². The van der Waals surface area contributed by atoms with Gasteiger partial charge in [0.1, 0.15) is 11.2 Å². The first kappa shape index (κ1) is 35.0. The van der Waals surface area contributed by atoms with Gasteiger partial charge in [0.2, 0.25) is 0 Å². The average molecular weight is 816 g/mol. The number of benzene rings is 10. The largest absolute Gasteiger partial charge is 0.456 e. The number of hydrogen-bond donors (Lipinski definition) is 0. The van der Waals surface area contributed by atoms with E-state index >= 15 is 0 Å². The highest BCUT2D eigenvalue weighted by atomic mass is 16.3. The molecular weight excluding hydrogens is 779 g/mol. The molecule has 14 rings (SSSR count). The third kappa shape index (κ3) is 5.11. The van der Waals surface area contributed by atoms with Gasteiger partial charge >= 0.3 is 0 Å². The van der Waals surface area contributed by atoms with Crippen LogP contribution in [0, 0.1) is 0 Å². The van der Waals surface area contributed by atoms with Crippen LogP contribution in [0.4, 0.5) is 0 Å². The molecule has 4 aromatic heterocycles. The summed E-state index contributed by atoms with van der Waals surface area (Å²) in [5, 5.41) is 9.63. The summed E-state index contributed by atoms with van der Waals surface area (Å²) in [5.41, 5.74) is 17.1. The van der Waals surface area contributed by atoms with Crippen molar-refractivity contribution in [1.29, 1.82) is 0 Å². The molecule has 0 saturated heterocycles. The third-order valence-corrected chi connectivity index (χ3v) is 13.4. The maximum Gasteiger partial charge on any atom is 0.135 e. The summed E-state index contributed by atoms with van der Waals surface area (Å²) in [4.78, 5) is 0. The van der Waals surface area contributed by atoms with Crippen molar-refractivity contribution in [2.45, 2.75) is 0 Å². The minimum atomic E-state index is 0.892. The van der Waals surface area contributed by atoms with Gasteiger partial charge in [-0.1, -0.05) is 115 Å². The van der Waals surface area contributed by atoms with Crippen LogP contribution in [0.15, 0.2) is 229 Å². The number of rotatable bonds is 5. The Kier molecular flexibility index (Phi) is 7.36. The van der Waals surface area contributed by atoms with E-state index in [0.29, 0.717) is 0 Å². The molecule has 0 saturated carbocycles. The van der Waals surface area contributed by atoms with Crippen molar-refractivity contribution in [2.75, 3.05) is 0 Å². The van der Waals surface area contributed by atoms with E-state index in [-0.39, 0.29) is 0 Å². The van der Waals surface area contributed by atoms with Crippen LogP contribution >= 0.6 is 0 Å². The van der Waals surface area contributed by atoms with Crippen LogP contribution in [-0.4, -0.2) is 13.7 Å². The standard InChI is InChI=1S/C60H37N3O/c1-3-13-42(14-4-1)61-53-20-10-7-17-45(53)48-33-38(23-28-55(48)61)40-25-30-57-50(35-40)51-36-41(26-31-58(51)63(57)44-27-32-60-52(37-44)47-19-9-12-22-59(47)64-60)39-24-29-56-49(34-39)46-18-8-11-21-54(46)62(56)43-15-5-2-6-16-43/h1-37H. The molecule has 0 aliphatic carbocycles. The summed E-state index contributed by atoms with van der Waals surface area (Å²) in [6.07, 6.45) is 0. The predicted molar refractivity (Wildman–Crippen MR) is 268 cm³/mol. The molecule has 14 aromatic rings. The molecule has 4 heteroatoms. The lowest BCUT2D eigenvalue weighted by Gasteiger charge is -2.10. The lowest BCUT2D eigenvalue weighted by molar-refractivity contribution is 0.669. The molecule has 0 radical (unpaired) electrons. The molecule has 0 N–H and O–H groups in total. The van der Waals surface area contributed by atoms with Gasteiger partial charge in [-0.2, -0.15) is 0 Å². The fraction of sp³-hybridized carbons (Fsp3) is 0. The summed E-state index contributed by atoms with van der Waals surface area (Å²) >= 11 is 0. The highest BCUT2D eigenvalue weighted by Gasteiger charge is 2.19. The van der Waals surface area contributed by atoms with E-state index in [9.17, 15) is 0 Å². The first-order valence-corrected chi connectivity index (χ1v) is 21.9. The van der Waals surface area contributed by atoms with Crippen LogP contribution in [0.5, 0.6) is 0 Å². The Bertz CT molecular complexity index is 3970. The zero-order valence-electron chi connectivity index (χ0n) is 34.6. The van der Waals surface area contributed by atoms with Crippen molar-refractivity contribution in [3.05, 3.63) is 224 Å². The van der Waals surface area contributed by atoms with E-state index in [1.54, 1.807) is 0 Å². The first-order chi connectivity index (χ1) is 31.7. The Balaban J connectivity index is 0.984. The van der Waals surface area contributed by atoms with Gasteiger partial charge in [-0.15, -0.1) is 0 Å². The molecule has 0 amide bonds. The summed E-state index contributed by atoms with van der Waals surface area (Å²) in [6.45, 7) is 0. The second-order valence-corrected chi connectivity index (χ2v) is 16.9. The molecule has 4 heterocycles. The van der Waals surface area contributed by atoms with Crippen LogP contribution in [-0.2, 0) is 0 Å². The molecule has 10 aromatic carbocycles. The molecule has 0 aliphatic rings. The van der Waals surface area contributed by atoms with Crippen molar-refractivity contribution in [3.8, 4) is 39.3 Å². The lowest BCUT2D eigenvalue weighted by atomic mass is 9.98. The first-order valence-electron chi connectivity index (χ1n) is 21.9. The number of nitrogens with zero attached hydrogens (tertiary/aromatic N) is 3. The lowest BCUT2D eigenvalue weighted by Crippen LogP contribution is -1.94. The van der Waals surface area contributed by atoms with Crippen molar-refractivity contribution in [3.63, 3.8) is 0 Å². The summed E-state index contributed by atoms with van der Waals surface area (Å²) in [6, 6.07) is 81.7. The third-order valence-electron chi connectivity index (χ3n) is 13.4. The van der Waals surface area contributed by atoms with Gasteiger partial charge < -0.3 is 18.1 Å². The Morgan fingerprint density at radius 2 is 0.578 bits per heavy atom. The maximum atomic E-state index is 6.28. The average Bonchev–Trinajstić information content (AvgIpc) is 4.10. The Morgan fingerprint density at radius 1 is 0.219 bits per heavy atom. The number of fused-ring (bicyclic) bond motifs is 12. The minimum Gasteiger partial charge on any atom is -0.456 e. The van der Waals surface area contributed by atoms with Gasteiger partial charge in [-0.3, -0.25) is 0 Å². The van der Waals surface area contributed by atoms with Gasteiger partial charge in [0.15, 0.2) is 0 Å². The number of furan rings is 1. The molecule has 0 fully saturated rings. The van der Waals surface area contributed by atoms with Crippen LogP contribution in [0.25, 0.3) is 127 Å². The smallest absolute Gasteiger partial charge is 0.135 e. The van der Waals surface area contributed by atoms with Crippen molar-refractivity contribution < 1.29 is 4.42 Å². The SMILES string of the molecule is c1ccc(-n2c3ccccc3c3cc(-c4ccc5c(c4)c4cc(-c6ccc7c(c6)c6ccccc6n7-c6ccccc6)ccc4n5-c4ccc5oc6ccccc6c5c4)ccc32)cc1.